The molecule has 0 unspecified atom stereocenters. The highest BCUT2D eigenvalue weighted by Gasteiger charge is 2.34. The number of aryl methyl sites for hydroxylation is 1. The van der Waals surface area contributed by atoms with Gasteiger partial charge in [-0.15, -0.1) is 0 Å². The van der Waals surface area contributed by atoms with Crippen LogP contribution in [0.2, 0.25) is 0 Å². The number of oxazole rings is 1. The number of benzene rings is 2. The van der Waals surface area contributed by atoms with Crippen molar-refractivity contribution in [3.63, 3.8) is 0 Å². The molecule has 1 aliphatic rings. The van der Waals surface area contributed by atoms with Crippen LogP contribution in [0.25, 0.3) is 16.8 Å². The molecular formula is C22H17F3N4O2. The first kappa shape index (κ1) is 19.3. The molecule has 9 heteroatoms. The Kier molecular flexibility index (Phi) is 4.35. The zero-order valence-electron chi connectivity index (χ0n) is 16.4. The van der Waals surface area contributed by atoms with E-state index in [4.69, 9.17) is 4.42 Å². The number of nitrogens with zero attached hydrogens (tertiary/aromatic N) is 3. The first-order chi connectivity index (χ1) is 14.8. The predicted molar refractivity (Wildman–Crippen MR) is 107 cm³/mol. The normalized spacial score (nSPS) is 14.2. The van der Waals surface area contributed by atoms with Crippen molar-refractivity contribution in [2.75, 3.05) is 5.32 Å². The molecule has 6 nitrogen and oxygen atoms in total. The molecule has 4 aromatic rings. The van der Waals surface area contributed by atoms with Gasteiger partial charge in [-0.2, -0.15) is 18.3 Å². The molecule has 0 spiro atoms. The van der Waals surface area contributed by atoms with Gasteiger partial charge in [-0.3, -0.25) is 4.79 Å². The number of amides is 1. The lowest BCUT2D eigenvalue weighted by Gasteiger charge is -2.12. The minimum atomic E-state index is -4.46. The van der Waals surface area contributed by atoms with Crippen LogP contribution in [0.5, 0.6) is 0 Å². The number of aromatic nitrogens is 3. The van der Waals surface area contributed by atoms with E-state index in [1.54, 1.807) is 31.2 Å². The lowest BCUT2D eigenvalue weighted by molar-refractivity contribution is -0.137. The van der Waals surface area contributed by atoms with Crippen molar-refractivity contribution in [1.29, 1.82) is 0 Å². The minimum Gasteiger partial charge on any atom is -0.441 e. The number of alkyl halides is 3. The molecule has 0 saturated heterocycles. The summed E-state index contributed by atoms with van der Waals surface area (Å²) in [6, 6.07) is 10.1. The van der Waals surface area contributed by atoms with Gasteiger partial charge in [0.05, 0.1) is 28.7 Å². The van der Waals surface area contributed by atoms with E-state index in [1.807, 2.05) is 0 Å². The number of carbonyl (C=O) groups excluding carboxylic acids is 1. The number of nitrogens with one attached hydrogen (secondary N) is 1. The van der Waals surface area contributed by atoms with Crippen molar-refractivity contribution in [2.45, 2.75) is 31.9 Å². The molecular weight excluding hydrogens is 409 g/mol. The van der Waals surface area contributed by atoms with Crippen LogP contribution < -0.4 is 5.32 Å². The molecule has 1 aliphatic carbocycles. The molecule has 2 aromatic carbocycles. The lowest BCUT2D eigenvalue weighted by atomic mass is 10.1. The average molecular weight is 426 g/mol. The maximum atomic E-state index is 13.1. The summed E-state index contributed by atoms with van der Waals surface area (Å²) in [5.74, 6) is 0.231. The maximum absolute atomic E-state index is 13.1. The van der Waals surface area contributed by atoms with Crippen molar-refractivity contribution >= 4 is 22.7 Å². The Bertz CT molecular complexity index is 1300. The number of hydrogen-bond acceptors (Lipinski definition) is 4. The second-order valence-electron chi connectivity index (χ2n) is 7.55. The molecule has 1 saturated carbocycles. The third-order valence-electron chi connectivity index (χ3n) is 5.19. The molecule has 0 aliphatic heterocycles. The van der Waals surface area contributed by atoms with Gasteiger partial charge in [-0.25, -0.2) is 9.67 Å². The van der Waals surface area contributed by atoms with E-state index in [0.717, 1.165) is 25.0 Å². The minimum absolute atomic E-state index is 0.0819. The van der Waals surface area contributed by atoms with E-state index in [-0.39, 0.29) is 17.5 Å². The van der Waals surface area contributed by atoms with Gasteiger partial charge in [0.25, 0.3) is 5.91 Å². The largest absolute Gasteiger partial charge is 0.441 e. The van der Waals surface area contributed by atoms with Gasteiger partial charge in [0.2, 0.25) is 0 Å². The summed E-state index contributed by atoms with van der Waals surface area (Å²) in [5, 5.41) is 7.08. The summed E-state index contributed by atoms with van der Waals surface area (Å²) in [5.41, 5.74) is 2.26. The van der Waals surface area contributed by atoms with Crippen molar-refractivity contribution < 1.29 is 22.4 Å². The highest BCUT2D eigenvalue weighted by Crippen LogP contribution is 2.43. The number of anilines is 1. The van der Waals surface area contributed by atoms with Crippen LogP contribution in [0.4, 0.5) is 18.9 Å². The van der Waals surface area contributed by atoms with Gasteiger partial charge in [0.1, 0.15) is 5.52 Å². The van der Waals surface area contributed by atoms with Gasteiger partial charge in [0.15, 0.2) is 11.5 Å². The Labute approximate surface area is 174 Å². The number of rotatable bonds is 4. The summed E-state index contributed by atoms with van der Waals surface area (Å²) < 4.78 is 46.3. The Morgan fingerprint density at radius 3 is 2.74 bits per heavy atom. The Morgan fingerprint density at radius 1 is 1.19 bits per heavy atom. The highest BCUT2D eigenvalue weighted by atomic mass is 19.4. The number of carbonyl (C=O) groups is 1. The second-order valence-corrected chi connectivity index (χ2v) is 7.55. The number of fused-ring (bicyclic) bond motifs is 1. The molecule has 1 N–H and O–H groups in total. The van der Waals surface area contributed by atoms with Crippen LogP contribution in [-0.4, -0.2) is 20.7 Å². The zero-order chi connectivity index (χ0) is 21.8. The van der Waals surface area contributed by atoms with E-state index in [9.17, 15) is 18.0 Å². The molecule has 5 rings (SSSR count). The Hall–Kier alpha value is -3.62. The van der Waals surface area contributed by atoms with Crippen molar-refractivity contribution in [3.8, 4) is 5.69 Å². The summed E-state index contributed by atoms with van der Waals surface area (Å²) in [6.45, 7) is 1.74. The van der Waals surface area contributed by atoms with Crippen LogP contribution in [0.3, 0.4) is 0 Å². The van der Waals surface area contributed by atoms with Crippen LogP contribution in [-0.2, 0) is 6.18 Å². The van der Waals surface area contributed by atoms with Crippen LogP contribution in [0, 0.1) is 6.92 Å². The third kappa shape index (κ3) is 3.67. The quantitative estimate of drug-likeness (QED) is 0.470. The molecule has 158 valence electrons. The lowest BCUT2D eigenvalue weighted by Crippen LogP contribution is -2.14. The van der Waals surface area contributed by atoms with E-state index < -0.39 is 11.7 Å². The van der Waals surface area contributed by atoms with Gasteiger partial charge in [0, 0.05) is 18.5 Å². The van der Waals surface area contributed by atoms with E-state index in [2.05, 4.69) is 15.4 Å². The van der Waals surface area contributed by atoms with Crippen molar-refractivity contribution in [2.24, 2.45) is 0 Å². The standard InChI is InChI=1S/C22H17F3N4O2/c1-12-27-18-10-15(7-8-19(18)31-12)28-21(30)17-11-26-29(20(17)13-5-6-13)16-4-2-3-14(9-16)22(23,24)25/h2-4,7-11,13H,5-6H2,1H3,(H,28,30). The Balaban J connectivity index is 1.48. The third-order valence-corrected chi connectivity index (χ3v) is 5.19. The van der Waals surface area contributed by atoms with Crippen LogP contribution >= 0.6 is 0 Å². The first-order valence-electron chi connectivity index (χ1n) is 9.74. The number of hydrogen-bond donors (Lipinski definition) is 1. The fourth-order valence-corrected chi connectivity index (χ4v) is 3.62. The Morgan fingerprint density at radius 2 is 2.00 bits per heavy atom. The summed E-state index contributed by atoms with van der Waals surface area (Å²) in [7, 11) is 0. The van der Waals surface area contributed by atoms with Gasteiger partial charge < -0.3 is 9.73 Å². The van der Waals surface area contributed by atoms with Crippen molar-refractivity contribution in [1.82, 2.24) is 14.8 Å². The maximum Gasteiger partial charge on any atom is 0.416 e. The summed E-state index contributed by atoms with van der Waals surface area (Å²) >= 11 is 0. The SMILES string of the molecule is Cc1nc2cc(NC(=O)c3cnn(-c4cccc(C(F)(F)F)c4)c3C3CC3)ccc2o1. The van der Waals surface area contributed by atoms with Crippen molar-refractivity contribution in [3.05, 3.63) is 71.4 Å². The van der Waals surface area contributed by atoms with E-state index >= 15 is 0 Å². The van der Waals surface area contributed by atoms with Gasteiger partial charge in [-0.05, 0) is 49.2 Å². The molecule has 31 heavy (non-hydrogen) atoms. The average Bonchev–Trinajstić information content (AvgIpc) is 3.34. The predicted octanol–water partition coefficient (Wildman–Crippen LogP) is 5.47. The molecule has 1 amide bonds. The van der Waals surface area contributed by atoms with E-state index in [0.29, 0.717) is 33.9 Å². The molecule has 1 fully saturated rings. The van der Waals surface area contributed by atoms with E-state index in [1.165, 1.54) is 16.9 Å². The summed E-state index contributed by atoms with van der Waals surface area (Å²) in [4.78, 5) is 17.2. The topological polar surface area (TPSA) is 73.0 Å². The van der Waals surface area contributed by atoms with Crippen LogP contribution in [0.1, 0.15) is 46.3 Å². The molecule has 0 bridgehead atoms. The van der Waals surface area contributed by atoms with Gasteiger partial charge >= 0.3 is 6.18 Å². The molecule has 2 heterocycles. The zero-order valence-corrected chi connectivity index (χ0v) is 16.4. The smallest absolute Gasteiger partial charge is 0.416 e. The summed E-state index contributed by atoms with van der Waals surface area (Å²) in [6.07, 6.45) is -1.34. The first-order valence-corrected chi connectivity index (χ1v) is 9.74. The van der Waals surface area contributed by atoms with Gasteiger partial charge in [-0.1, -0.05) is 6.07 Å². The van der Waals surface area contributed by atoms with Crippen LogP contribution in [0.15, 0.2) is 53.1 Å². The second kappa shape index (κ2) is 6.97. The molecule has 2 aromatic heterocycles. The monoisotopic (exact) mass is 426 g/mol. The molecule has 0 atom stereocenters. The fraction of sp³-hybridized carbons (Fsp3) is 0.227. The highest BCUT2D eigenvalue weighted by molar-refractivity contribution is 6.05. The molecule has 0 radical (unpaired) electrons. The fourth-order valence-electron chi connectivity index (χ4n) is 3.62. The number of halogens is 3.